The van der Waals surface area contributed by atoms with Crippen molar-refractivity contribution in [2.45, 2.75) is 85.0 Å². The molecule has 1 fully saturated rings. The molecule has 0 aromatic heterocycles. The zero-order chi connectivity index (χ0) is 19.4. The van der Waals surface area contributed by atoms with Gasteiger partial charge in [0.25, 0.3) is 11.8 Å². The molecule has 0 aromatic carbocycles. The van der Waals surface area contributed by atoms with Gasteiger partial charge in [-0.15, -0.1) is 5.06 Å². The third kappa shape index (κ3) is 7.73. The molecule has 0 atom stereocenters. The van der Waals surface area contributed by atoms with Gasteiger partial charge in [-0.1, -0.05) is 40.0 Å². The molecule has 1 saturated heterocycles. The van der Waals surface area contributed by atoms with Crippen LogP contribution < -0.4 is 0 Å². The first kappa shape index (κ1) is 23.1. The van der Waals surface area contributed by atoms with Gasteiger partial charge in [0.2, 0.25) is 0 Å². The predicted octanol–water partition coefficient (Wildman–Crippen LogP) is 4.79. The van der Waals surface area contributed by atoms with E-state index in [1.165, 1.54) is 57.0 Å². The van der Waals surface area contributed by atoms with Crippen LogP contribution in [0.2, 0.25) is 0 Å². The third-order valence-corrected chi connectivity index (χ3v) is 10.2. The second-order valence-corrected chi connectivity index (χ2v) is 11.9. The minimum atomic E-state index is -1.02. The molecule has 1 aliphatic rings. The number of nitrogens with zero attached hydrogens (tertiary/aromatic N) is 1. The summed E-state index contributed by atoms with van der Waals surface area (Å²) in [5.41, 5.74) is 0. The monoisotopic (exact) mass is 386 g/mol. The van der Waals surface area contributed by atoms with Crippen molar-refractivity contribution in [1.29, 1.82) is 0 Å². The van der Waals surface area contributed by atoms with Crippen LogP contribution in [0.15, 0.2) is 0 Å². The van der Waals surface area contributed by atoms with E-state index in [2.05, 4.69) is 20.8 Å². The van der Waals surface area contributed by atoms with Crippen LogP contribution in [0.3, 0.4) is 0 Å². The van der Waals surface area contributed by atoms with E-state index in [9.17, 15) is 14.4 Å². The fourth-order valence-corrected chi connectivity index (χ4v) is 8.65. The quantitative estimate of drug-likeness (QED) is 0.318. The number of unbranched alkanes of at least 4 members (excludes halogenated alkanes) is 3. The molecule has 1 rings (SSSR count). The molecule has 0 saturated carbocycles. The molecule has 0 aliphatic carbocycles. The Balaban J connectivity index is 2.55. The van der Waals surface area contributed by atoms with Gasteiger partial charge >= 0.3 is 5.97 Å². The maximum Gasteiger partial charge on any atom is 0.333 e. The summed E-state index contributed by atoms with van der Waals surface area (Å²) in [6.07, 6.45) is 14.0. The summed E-state index contributed by atoms with van der Waals surface area (Å²) < 4.78 is 0. The van der Waals surface area contributed by atoms with Crippen LogP contribution in [0.1, 0.15) is 85.0 Å². The number of imide groups is 1. The Kier molecular flexibility index (Phi) is 11.0. The molecular formula is C20H37NO4P+. The molecule has 0 unspecified atom stereocenters. The van der Waals surface area contributed by atoms with Gasteiger partial charge in [0.15, 0.2) is 0 Å². The maximum absolute atomic E-state index is 12.1. The zero-order valence-electron chi connectivity index (χ0n) is 16.9. The van der Waals surface area contributed by atoms with Crippen LogP contribution in [0.25, 0.3) is 0 Å². The molecule has 6 heteroatoms. The summed E-state index contributed by atoms with van der Waals surface area (Å²) in [7, 11) is -1.02. The van der Waals surface area contributed by atoms with Crippen LogP contribution in [0.5, 0.6) is 0 Å². The Labute approximate surface area is 159 Å². The van der Waals surface area contributed by atoms with Crippen LogP contribution in [0, 0.1) is 0 Å². The SMILES string of the molecule is CCCC[P+](CCCC)(CCCC)CCCC(=O)ON1C(=O)CCC1=O. The van der Waals surface area contributed by atoms with Crippen molar-refractivity contribution in [1.82, 2.24) is 5.06 Å². The predicted molar refractivity (Wildman–Crippen MR) is 108 cm³/mol. The Morgan fingerprint density at radius 2 is 1.27 bits per heavy atom. The number of hydroxylamine groups is 2. The summed E-state index contributed by atoms with van der Waals surface area (Å²) in [4.78, 5) is 40.1. The third-order valence-electron chi connectivity index (χ3n) is 5.17. The van der Waals surface area contributed by atoms with Crippen LogP contribution in [0.4, 0.5) is 0 Å². The van der Waals surface area contributed by atoms with Gasteiger partial charge in [-0.3, -0.25) is 9.59 Å². The highest BCUT2D eigenvalue weighted by Gasteiger charge is 2.36. The van der Waals surface area contributed by atoms with Gasteiger partial charge in [0.1, 0.15) is 0 Å². The largest absolute Gasteiger partial charge is 0.333 e. The van der Waals surface area contributed by atoms with E-state index in [0.717, 1.165) is 12.6 Å². The number of hydrogen-bond acceptors (Lipinski definition) is 4. The first-order chi connectivity index (χ1) is 12.5. The molecule has 0 bridgehead atoms. The summed E-state index contributed by atoms with van der Waals surface area (Å²) in [5, 5.41) is 0.663. The second-order valence-electron chi connectivity index (χ2n) is 7.45. The van der Waals surface area contributed by atoms with Gasteiger partial charge < -0.3 is 4.84 Å². The lowest BCUT2D eigenvalue weighted by atomic mass is 10.3. The van der Waals surface area contributed by atoms with Gasteiger partial charge in [0, 0.05) is 20.1 Å². The smallest absolute Gasteiger partial charge is 0.330 e. The second kappa shape index (κ2) is 12.4. The average Bonchev–Trinajstić information content (AvgIpc) is 2.94. The van der Waals surface area contributed by atoms with Crippen molar-refractivity contribution in [3.63, 3.8) is 0 Å². The minimum Gasteiger partial charge on any atom is -0.330 e. The summed E-state index contributed by atoms with van der Waals surface area (Å²) in [6, 6.07) is 0. The molecular weight excluding hydrogens is 349 g/mol. The normalized spacial score (nSPS) is 15.0. The van der Waals surface area contributed by atoms with E-state index in [1.54, 1.807) is 0 Å². The van der Waals surface area contributed by atoms with Crippen molar-refractivity contribution in [3.05, 3.63) is 0 Å². The van der Waals surface area contributed by atoms with Crippen LogP contribution in [-0.2, 0) is 19.2 Å². The molecule has 0 spiro atoms. The fraction of sp³-hybridized carbons (Fsp3) is 0.850. The number of carbonyl (C=O) groups excluding carboxylic acids is 3. The van der Waals surface area contributed by atoms with Gasteiger partial charge in [0.05, 0.1) is 31.1 Å². The van der Waals surface area contributed by atoms with Crippen molar-refractivity contribution < 1.29 is 19.2 Å². The Hall–Kier alpha value is -0.960. The minimum absolute atomic E-state index is 0.145. The molecule has 0 aromatic rings. The molecule has 1 heterocycles. The molecule has 2 amide bonds. The van der Waals surface area contributed by atoms with E-state index >= 15 is 0 Å². The summed E-state index contributed by atoms with van der Waals surface area (Å²) in [5.74, 6) is -1.26. The lowest BCUT2D eigenvalue weighted by Gasteiger charge is -2.28. The van der Waals surface area contributed by atoms with Crippen molar-refractivity contribution in [2.75, 3.05) is 24.6 Å². The number of rotatable bonds is 14. The van der Waals surface area contributed by atoms with E-state index in [1.807, 2.05) is 0 Å². The lowest BCUT2D eigenvalue weighted by Crippen LogP contribution is -2.32. The lowest BCUT2D eigenvalue weighted by molar-refractivity contribution is -0.197. The van der Waals surface area contributed by atoms with E-state index in [4.69, 9.17) is 4.84 Å². The van der Waals surface area contributed by atoms with Crippen LogP contribution in [-0.4, -0.2) is 47.5 Å². The van der Waals surface area contributed by atoms with E-state index < -0.39 is 25.0 Å². The number of hydrogen-bond donors (Lipinski definition) is 0. The Bertz CT molecular complexity index is 429. The fourth-order valence-electron chi connectivity index (χ4n) is 3.52. The first-order valence-electron chi connectivity index (χ1n) is 10.4. The highest BCUT2D eigenvalue weighted by atomic mass is 31.2. The molecule has 1 aliphatic heterocycles. The zero-order valence-corrected chi connectivity index (χ0v) is 17.8. The highest BCUT2D eigenvalue weighted by molar-refractivity contribution is 7.75. The van der Waals surface area contributed by atoms with Gasteiger partial charge in [-0.2, -0.15) is 0 Å². The Morgan fingerprint density at radius 1 is 0.846 bits per heavy atom. The van der Waals surface area contributed by atoms with Crippen molar-refractivity contribution >= 4 is 25.0 Å². The molecule has 5 nitrogen and oxygen atoms in total. The molecule has 26 heavy (non-hydrogen) atoms. The summed E-state index contributed by atoms with van der Waals surface area (Å²) >= 11 is 0. The van der Waals surface area contributed by atoms with E-state index in [-0.39, 0.29) is 12.8 Å². The van der Waals surface area contributed by atoms with Crippen LogP contribution >= 0.6 is 7.26 Å². The number of amides is 2. The Morgan fingerprint density at radius 3 is 1.69 bits per heavy atom. The van der Waals surface area contributed by atoms with Gasteiger partial charge in [-0.05, 0) is 25.7 Å². The first-order valence-corrected chi connectivity index (χ1v) is 12.9. The summed E-state index contributed by atoms with van der Waals surface area (Å²) in [6.45, 7) is 6.74. The molecule has 0 N–H and O–H groups in total. The van der Waals surface area contributed by atoms with Crippen molar-refractivity contribution in [3.8, 4) is 0 Å². The molecule has 150 valence electrons. The topological polar surface area (TPSA) is 63.7 Å². The van der Waals surface area contributed by atoms with Crippen molar-refractivity contribution in [2.24, 2.45) is 0 Å². The average molecular weight is 386 g/mol. The maximum atomic E-state index is 12.1. The van der Waals surface area contributed by atoms with E-state index in [0.29, 0.717) is 11.5 Å². The number of carbonyl (C=O) groups is 3. The molecule has 0 radical (unpaired) electrons. The van der Waals surface area contributed by atoms with Gasteiger partial charge in [-0.25, -0.2) is 4.79 Å². The standard InChI is InChI=1S/C20H37NO4P/c1-4-7-14-26(15-8-5-2,16-9-6-3)17-10-11-20(24)25-21-18(22)12-13-19(21)23/h4-17H2,1-3H3/q+1. The highest BCUT2D eigenvalue weighted by Crippen LogP contribution is 2.61.